The van der Waals surface area contributed by atoms with Gasteiger partial charge in [-0.2, -0.15) is 0 Å². The first-order valence-electron chi connectivity index (χ1n) is 15.0. The number of carbonyl (C=O) groups is 1. The minimum Gasteiger partial charge on any atom is -0.497 e. The van der Waals surface area contributed by atoms with Gasteiger partial charge in [-0.1, -0.05) is 66.7 Å². The van der Waals surface area contributed by atoms with Crippen molar-refractivity contribution in [3.05, 3.63) is 126 Å². The summed E-state index contributed by atoms with van der Waals surface area (Å²) in [5.74, 6) is 2.07. The zero-order chi connectivity index (χ0) is 30.3. The van der Waals surface area contributed by atoms with E-state index in [0.717, 1.165) is 33.3 Å². The van der Waals surface area contributed by atoms with Gasteiger partial charge in [-0.05, 0) is 52.6 Å². The molecule has 1 fully saturated rings. The Labute approximate surface area is 258 Å². The molecule has 5 aromatic rings. The number of ether oxygens (including phenoxy) is 4. The van der Waals surface area contributed by atoms with Crippen LogP contribution in [-0.2, 0) is 22.7 Å². The van der Waals surface area contributed by atoms with E-state index in [1.807, 2.05) is 59.5 Å². The summed E-state index contributed by atoms with van der Waals surface area (Å²) in [4.78, 5) is 15.6. The van der Waals surface area contributed by atoms with E-state index in [4.69, 9.17) is 18.9 Å². The Morgan fingerprint density at radius 1 is 0.818 bits per heavy atom. The molecule has 1 saturated heterocycles. The summed E-state index contributed by atoms with van der Waals surface area (Å²) < 4.78 is 25.1. The zero-order valence-corrected chi connectivity index (χ0v) is 25.3. The van der Waals surface area contributed by atoms with Gasteiger partial charge in [0.1, 0.15) is 12.4 Å². The molecule has 0 aliphatic carbocycles. The van der Waals surface area contributed by atoms with Crippen molar-refractivity contribution < 1.29 is 23.7 Å². The molecule has 0 unspecified atom stereocenters. The van der Waals surface area contributed by atoms with E-state index in [1.54, 1.807) is 14.2 Å². The van der Waals surface area contributed by atoms with Gasteiger partial charge < -0.3 is 28.4 Å². The lowest BCUT2D eigenvalue weighted by Gasteiger charge is -2.29. The second-order valence-electron chi connectivity index (χ2n) is 11.0. The first-order valence-corrected chi connectivity index (χ1v) is 15.0. The maximum Gasteiger partial charge on any atom is 0.223 e. The highest BCUT2D eigenvalue weighted by Crippen LogP contribution is 2.39. The fourth-order valence-electron chi connectivity index (χ4n) is 5.89. The second kappa shape index (κ2) is 13.7. The molecule has 0 N–H and O–H groups in total. The quantitative estimate of drug-likeness (QED) is 0.172. The number of amides is 1. The Morgan fingerprint density at radius 3 is 2.32 bits per heavy atom. The smallest absolute Gasteiger partial charge is 0.223 e. The average Bonchev–Trinajstić information content (AvgIpc) is 3.45. The van der Waals surface area contributed by atoms with Crippen LogP contribution in [0.2, 0.25) is 0 Å². The molecule has 0 saturated carbocycles. The fourth-order valence-corrected chi connectivity index (χ4v) is 5.89. The molecule has 4 aromatic carbocycles. The number of methoxy groups -OCH3 is 2. The van der Waals surface area contributed by atoms with Gasteiger partial charge in [-0.25, -0.2) is 0 Å². The van der Waals surface area contributed by atoms with Crippen LogP contribution in [0.5, 0.6) is 17.2 Å². The molecule has 226 valence electrons. The van der Waals surface area contributed by atoms with Gasteiger partial charge in [-0.15, -0.1) is 0 Å². The number of hydrogen-bond donors (Lipinski definition) is 0. The van der Waals surface area contributed by atoms with Crippen LogP contribution in [0, 0.1) is 0 Å². The summed E-state index contributed by atoms with van der Waals surface area (Å²) in [6.07, 6.45) is 2.54. The van der Waals surface area contributed by atoms with Crippen LogP contribution in [0.4, 0.5) is 0 Å². The standard InChI is InChI=1S/C37H38N2O5/c1-41-30-15-12-27(13-16-30)24-39-25-33(31-10-6-7-11-34(31)39)32(23-37(40)38-18-20-43-21-19-38)29-14-17-35(36(22-29)42-2)44-26-28-8-4-3-5-9-28/h3-17,22,25,32H,18-21,23-24,26H2,1-2H3/t32-/m0/s1. The highest BCUT2D eigenvalue weighted by atomic mass is 16.5. The third kappa shape index (κ3) is 6.58. The molecule has 1 atom stereocenters. The topological polar surface area (TPSA) is 62.2 Å². The number of benzene rings is 4. The molecule has 7 heteroatoms. The predicted octanol–water partition coefficient (Wildman–Crippen LogP) is 6.67. The third-order valence-electron chi connectivity index (χ3n) is 8.28. The maximum atomic E-state index is 13.7. The van der Waals surface area contributed by atoms with Crippen molar-refractivity contribution in [1.82, 2.24) is 9.47 Å². The lowest BCUT2D eigenvalue weighted by Crippen LogP contribution is -2.41. The fraction of sp³-hybridized carbons (Fsp3) is 0.270. The van der Waals surface area contributed by atoms with E-state index in [2.05, 4.69) is 53.2 Å². The maximum absolute atomic E-state index is 13.7. The van der Waals surface area contributed by atoms with Crippen LogP contribution < -0.4 is 14.2 Å². The minimum absolute atomic E-state index is 0.119. The Morgan fingerprint density at radius 2 is 1.57 bits per heavy atom. The van der Waals surface area contributed by atoms with E-state index in [1.165, 1.54) is 5.56 Å². The van der Waals surface area contributed by atoms with Crippen molar-refractivity contribution in [2.75, 3.05) is 40.5 Å². The molecule has 44 heavy (non-hydrogen) atoms. The largest absolute Gasteiger partial charge is 0.497 e. The first-order chi connectivity index (χ1) is 21.6. The van der Waals surface area contributed by atoms with Gasteiger partial charge in [0.2, 0.25) is 5.91 Å². The summed E-state index contributed by atoms with van der Waals surface area (Å²) in [6, 6.07) is 32.7. The van der Waals surface area contributed by atoms with Gasteiger partial charge in [-0.3, -0.25) is 4.79 Å². The minimum atomic E-state index is -0.190. The Balaban J connectivity index is 1.37. The highest BCUT2D eigenvalue weighted by molar-refractivity contribution is 5.87. The highest BCUT2D eigenvalue weighted by Gasteiger charge is 2.27. The van der Waals surface area contributed by atoms with E-state index in [9.17, 15) is 4.79 Å². The Kier molecular flexibility index (Phi) is 9.13. The van der Waals surface area contributed by atoms with Crippen LogP contribution in [0.3, 0.4) is 0 Å². The van der Waals surface area contributed by atoms with Crippen molar-refractivity contribution in [3.63, 3.8) is 0 Å². The van der Waals surface area contributed by atoms with E-state index in [-0.39, 0.29) is 11.8 Å². The number of hydrogen-bond acceptors (Lipinski definition) is 5. The van der Waals surface area contributed by atoms with Crippen LogP contribution in [0.15, 0.2) is 103 Å². The molecule has 1 amide bonds. The van der Waals surface area contributed by atoms with Crippen LogP contribution in [0.1, 0.15) is 34.6 Å². The van der Waals surface area contributed by atoms with Crippen LogP contribution in [0.25, 0.3) is 10.9 Å². The van der Waals surface area contributed by atoms with Gasteiger partial charge in [0, 0.05) is 49.1 Å². The molecule has 0 radical (unpaired) electrons. The lowest BCUT2D eigenvalue weighted by molar-refractivity contribution is -0.135. The number of nitrogens with zero attached hydrogens (tertiary/aromatic N) is 2. The number of fused-ring (bicyclic) bond motifs is 1. The van der Waals surface area contributed by atoms with Crippen LogP contribution in [-0.4, -0.2) is 55.9 Å². The molecular formula is C37H38N2O5. The molecule has 1 aliphatic rings. The molecule has 2 heterocycles. The molecule has 0 bridgehead atoms. The second-order valence-corrected chi connectivity index (χ2v) is 11.0. The third-order valence-corrected chi connectivity index (χ3v) is 8.28. The summed E-state index contributed by atoms with van der Waals surface area (Å²) in [5.41, 5.74) is 5.48. The molecule has 6 rings (SSSR count). The van der Waals surface area contributed by atoms with Gasteiger partial charge in [0.15, 0.2) is 11.5 Å². The number of para-hydroxylation sites is 1. The average molecular weight is 591 g/mol. The summed E-state index contributed by atoms with van der Waals surface area (Å²) in [7, 11) is 3.33. The number of aromatic nitrogens is 1. The molecule has 7 nitrogen and oxygen atoms in total. The molecular weight excluding hydrogens is 552 g/mol. The number of carbonyl (C=O) groups excluding carboxylic acids is 1. The molecule has 0 spiro atoms. The van der Waals surface area contributed by atoms with Crippen molar-refractivity contribution in [1.29, 1.82) is 0 Å². The van der Waals surface area contributed by atoms with Gasteiger partial charge in [0.05, 0.1) is 27.4 Å². The first kappa shape index (κ1) is 29.3. The normalized spacial score (nSPS) is 13.9. The number of rotatable bonds is 11. The monoisotopic (exact) mass is 590 g/mol. The van der Waals surface area contributed by atoms with E-state index >= 15 is 0 Å². The molecule has 1 aromatic heterocycles. The van der Waals surface area contributed by atoms with Gasteiger partial charge >= 0.3 is 0 Å². The summed E-state index contributed by atoms with van der Waals surface area (Å²) in [6.45, 7) is 3.50. The molecule has 1 aliphatic heterocycles. The predicted molar refractivity (Wildman–Crippen MR) is 172 cm³/mol. The zero-order valence-electron chi connectivity index (χ0n) is 25.3. The Bertz CT molecular complexity index is 1690. The van der Waals surface area contributed by atoms with Crippen molar-refractivity contribution in [3.8, 4) is 17.2 Å². The van der Waals surface area contributed by atoms with E-state index in [0.29, 0.717) is 57.4 Å². The van der Waals surface area contributed by atoms with Crippen molar-refractivity contribution in [2.45, 2.75) is 25.5 Å². The lowest BCUT2D eigenvalue weighted by atomic mass is 9.87. The van der Waals surface area contributed by atoms with E-state index < -0.39 is 0 Å². The Hall–Kier alpha value is -4.75. The van der Waals surface area contributed by atoms with Gasteiger partial charge in [0.25, 0.3) is 0 Å². The van der Waals surface area contributed by atoms with Crippen LogP contribution >= 0.6 is 0 Å². The number of morpholine rings is 1. The van der Waals surface area contributed by atoms with Crippen molar-refractivity contribution in [2.24, 2.45) is 0 Å². The van der Waals surface area contributed by atoms with Crippen molar-refractivity contribution >= 4 is 16.8 Å². The summed E-state index contributed by atoms with van der Waals surface area (Å²) in [5, 5.41) is 1.13. The SMILES string of the molecule is COc1ccc(Cn2cc([C@@H](CC(=O)N3CCOCC3)c3ccc(OCc4ccccc4)c(OC)c3)c3ccccc32)cc1. The summed E-state index contributed by atoms with van der Waals surface area (Å²) >= 11 is 0.